The second-order valence-electron chi connectivity index (χ2n) is 6.43. The highest BCUT2D eigenvalue weighted by Gasteiger charge is 2.11. The predicted molar refractivity (Wildman–Crippen MR) is 108 cm³/mol. The van der Waals surface area contributed by atoms with Gasteiger partial charge in [0.2, 0.25) is 0 Å². The zero-order chi connectivity index (χ0) is 19.2. The molecule has 0 aliphatic heterocycles. The summed E-state index contributed by atoms with van der Waals surface area (Å²) in [7, 11) is 1.58. The predicted octanol–water partition coefficient (Wildman–Crippen LogP) is 4.57. The van der Waals surface area contributed by atoms with Gasteiger partial charge in [-0.15, -0.1) is 0 Å². The van der Waals surface area contributed by atoms with Gasteiger partial charge in [0, 0.05) is 18.3 Å². The standard InChI is InChI=1S/C22H23N3O2/c1-15-4-7-17(8-5-15)14-24-21-13-18(10-11-23-21)22(26)25-19-12-16(2)6-9-20(19)27-3/h4-13H,14H2,1-3H3,(H,23,24)(H,25,26). The van der Waals surface area contributed by atoms with Crippen LogP contribution in [0.5, 0.6) is 5.75 Å². The molecule has 1 heterocycles. The molecule has 138 valence electrons. The number of nitrogens with zero attached hydrogens (tertiary/aromatic N) is 1. The number of carbonyl (C=O) groups excluding carboxylic acids is 1. The van der Waals surface area contributed by atoms with E-state index < -0.39 is 0 Å². The summed E-state index contributed by atoms with van der Waals surface area (Å²) in [5, 5.41) is 6.16. The summed E-state index contributed by atoms with van der Waals surface area (Å²) >= 11 is 0. The van der Waals surface area contributed by atoms with Crippen molar-refractivity contribution in [1.29, 1.82) is 0 Å². The molecule has 27 heavy (non-hydrogen) atoms. The SMILES string of the molecule is COc1ccc(C)cc1NC(=O)c1ccnc(NCc2ccc(C)cc2)c1. The lowest BCUT2D eigenvalue weighted by atomic mass is 10.1. The highest BCUT2D eigenvalue weighted by atomic mass is 16.5. The first-order valence-electron chi connectivity index (χ1n) is 8.76. The number of rotatable bonds is 6. The van der Waals surface area contributed by atoms with Crippen molar-refractivity contribution in [1.82, 2.24) is 4.98 Å². The maximum atomic E-state index is 12.6. The summed E-state index contributed by atoms with van der Waals surface area (Å²) in [5.41, 5.74) is 4.60. The van der Waals surface area contributed by atoms with Crippen LogP contribution in [-0.4, -0.2) is 18.0 Å². The van der Waals surface area contributed by atoms with Crippen LogP contribution in [0.3, 0.4) is 0 Å². The van der Waals surface area contributed by atoms with Crippen LogP contribution in [0.2, 0.25) is 0 Å². The number of pyridine rings is 1. The van der Waals surface area contributed by atoms with Gasteiger partial charge in [0.15, 0.2) is 0 Å². The normalized spacial score (nSPS) is 10.3. The van der Waals surface area contributed by atoms with E-state index in [1.165, 1.54) is 5.56 Å². The van der Waals surface area contributed by atoms with Gasteiger partial charge in [0.05, 0.1) is 12.8 Å². The highest BCUT2D eigenvalue weighted by Crippen LogP contribution is 2.26. The van der Waals surface area contributed by atoms with Gasteiger partial charge in [-0.2, -0.15) is 0 Å². The molecule has 0 fully saturated rings. The third-order valence-electron chi connectivity index (χ3n) is 4.22. The molecule has 0 bridgehead atoms. The highest BCUT2D eigenvalue weighted by molar-refractivity contribution is 6.05. The van der Waals surface area contributed by atoms with Crippen molar-refractivity contribution in [3.63, 3.8) is 0 Å². The number of anilines is 2. The van der Waals surface area contributed by atoms with Gasteiger partial charge in [-0.25, -0.2) is 4.98 Å². The van der Waals surface area contributed by atoms with Gasteiger partial charge in [0.1, 0.15) is 11.6 Å². The van der Waals surface area contributed by atoms with Gasteiger partial charge in [-0.3, -0.25) is 4.79 Å². The Balaban J connectivity index is 1.70. The minimum absolute atomic E-state index is 0.209. The smallest absolute Gasteiger partial charge is 0.255 e. The van der Waals surface area contributed by atoms with E-state index in [0.717, 1.165) is 11.1 Å². The molecule has 0 saturated carbocycles. The van der Waals surface area contributed by atoms with E-state index >= 15 is 0 Å². The Morgan fingerprint density at radius 2 is 1.74 bits per heavy atom. The summed E-state index contributed by atoms with van der Waals surface area (Å²) in [6.07, 6.45) is 1.62. The largest absolute Gasteiger partial charge is 0.495 e. The fourth-order valence-electron chi connectivity index (χ4n) is 2.68. The fraction of sp³-hybridized carbons (Fsp3) is 0.182. The molecular formula is C22H23N3O2. The molecule has 0 aliphatic rings. The van der Waals surface area contributed by atoms with E-state index in [1.807, 2.05) is 25.1 Å². The number of ether oxygens (including phenoxy) is 1. The van der Waals surface area contributed by atoms with E-state index in [9.17, 15) is 4.79 Å². The molecule has 2 aromatic carbocycles. The topological polar surface area (TPSA) is 63.2 Å². The number of aromatic nitrogens is 1. The van der Waals surface area contributed by atoms with E-state index in [-0.39, 0.29) is 5.91 Å². The summed E-state index contributed by atoms with van der Waals surface area (Å²) in [5.74, 6) is 1.07. The van der Waals surface area contributed by atoms with E-state index in [0.29, 0.717) is 29.4 Å². The third-order valence-corrected chi connectivity index (χ3v) is 4.22. The Morgan fingerprint density at radius 3 is 2.48 bits per heavy atom. The lowest BCUT2D eigenvalue weighted by molar-refractivity contribution is 0.102. The monoisotopic (exact) mass is 361 g/mol. The van der Waals surface area contributed by atoms with Crippen LogP contribution in [0, 0.1) is 13.8 Å². The number of amides is 1. The van der Waals surface area contributed by atoms with Crippen molar-refractivity contribution < 1.29 is 9.53 Å². The molecule has 0 radical (unpaired) electrons. The Labute approximate surface area is 159 Å². The average molecular weight is 361 g/mol. The zero-order valence-corrected chi connectivity index (χ0v) is 15.7. The van der Waals surface area contributed by atoms with Gasteiger partial charge < -0.3 is 15.4 Å². The molecule has 3 aromatic rings. The molecular weight excluding hydrogens is 338 g/mol. The first-order valence-corrected chi connectivity index (χ1v) is 8.76. The van der Waals surface area contributed by atoms with Crippen molar-refractivity contribution in [3.05, 3.63) is 83.0 Å². The quantitative estimate of drug-likeness (QED) is 0.675. The van der Waals surface area contributed by atoms with Crippen molar-refractivity contribution in [3.8, 4) is 5.75 Å². The van der Waals surface area contributed by atoms with Gasteiger partial charge in [0.25, 0.3) is 5.91 Å². The summed E-state index contributed by atoms with van der Waals surface area (Å²) < 4.78 is 5.32. The van der Waals surface area contributed by atoms with Crippen LogP contribution in [0.1, 0.15) is 27.0 Å². The number of hydrogen-bond acceptors (Lipinski definition) is 4. The zero-order valence-electron chi connectivity index (χ0n) is 15.7. The van der Waals surface area contributed by atoms with Crippen LogP contribution < -0.4 is 15.4 Å². The molecule has 2 N–H and O–H groups in total. The van der Waals surface area contributed by atoms with Crippen LogP contribution in [0.15, 0.2) is 60.8 Å². The van der Waals surface area contributed by atoms with Crippen molar-refractivity contribution >= 4 is 17.4 Å². The molecule has 0 atom stereocenters. The second-order valence-corrected chi connectivity index (χ2v) is 6.43. The van der Waals surface area contributed by atoms with Crippen LogP contribution in [0.4, 0.5) is 11.5 Å². The average Bonchev–Trinajstić information content (AvgIpc) is 2.68. The van der Waals surface area contributed by atoms with Crippen LogP contribution >= 0.6 is 0 Å². The molecule has 3 rings (SSSR count). The van der Waals surface area contributed by atoms with Gasteiger partial charge in [-0.1, -0.05) is 35.9 Å². The van der Waals surface area contributed by atoms with Crippen LogP contribution in [0.25, 0.3) is 0 Å². The first-order chi connectivity index (χ1) is 13.0. The molecule has 1 aromatic heterocycles. The molecule has 1 amide bonds. The maximum Gasteiger partial charge on any atom is 0.255 e. The number of methoxy groups -OCH3 is 1. The summed E-state index contributed by atoms with van der Waals surface area (Å²) in [6, 6.07) is 17.4. The Morgan fingerprint density at radius 1 is 1.00 bits per heavy atom. The van der Waals surface area contributed by atoms with Crippen molar-refractivity contribution in [2.75, 3.05) is 17.7 Å². The molecule has 0 unspecified atom stereocenters. The van der Waals surface area contributed by atoms with E-state index in [2.05, 4.69) is 46.8 Å². The minimum Gasteiger partial charge on any atom is -0.495 e. The minimum atomic E-state index is -0.209. The second kappa shape index (κ2) is 8.36. The Hall–Kier alpha value is -3.34. The van der Waals surface area contributed by atoms with E-state index in [4.69, 9.17) is 4.74 Å². The molecule has 5 heteroatoms. The van der Waals surface area contributed by atoms with Crippen LogP contribution in [-0.2, 0) is 6.54 Å². The summed E-state index contributed by atoms with van der Waals surface area (Å²) in [4.78, 5) is 16.9. The molecule has 5 nitrogen and oxygen atoms in total. The molecule has 0 aliphatic carbocycles. The van der Waals surface area contributed by atoms with E-state index in [1.54, 1.807) is 25.4 Å². The number of aryl methyl sites for hydroxylation is 2. The maximum absolute atomic E-state index is 12.6. The molecule has 0 spiro atoms. The Kier molecular flexibility index (Phi) is 5.71. The van der Waals surface area contributed by atoms with Gasteiger partial charge >= 0.3 is 0 Å². The third kappa shape index (κ3) is 4.85. The van der Waals surface area contributed by atoms with Gasteiger partial charge in [-0.05, 0) is 49.2 Å². The number of carbonyl (C=O) groups is 1. The van der Waals surface area contributed by atoms with Crippen molar-refractivity contribution in [2.24, 2.45) is 0 Å². The summed E-state index contributed by atoms with van der Waals surface area (Å²) in [6.45, 7) is 4.67. The first kappa shape index (κ1) is 18.5. The number of benzene rings is 2. The van der Waals surface area contributed by atoms with Crippen molar-refractivity contribution in [2.45, 2.75) is 20.4 Å². The fourth-order valence-corrected chi connectivity index (χ4v) is 2.68. The lowest BCUT2D eigenvalue weighted by Crippen LogP contribution is -2.13. The lowest BCUT2D eigenvalue weighted by Gasteiger charge is -2.12. The Bertz CT molecular complexity index is 937. The number of hydrogen-bond donors (Lipinski definition) is 2. The number of nitrogens with one attached hydrogen (secondary N) is 2. The molecule has 0 saturated heterocycles.